The molecule has 3 rings (SSSR count). The fourth-order valence-corrected chi connectivity index (χ4v) is 4.22. The van der Waals surface area contributed by atoms with Gasteiger partial charge in [0.1, 0.15) is 11.3 Å². The predicted molar refractivity (Wildman–Crippen MR) is 83.7 cm³/mol. The number of H-pyrrole nitrogens is 1. The molecule has 128 valence electrons. The molecule has 0 bridgehead atoms. The number of hydrogen-bond donors (Lipinski definition) is 2. The molecule has 1 atom stereocenters. The third kappa shape index (κ3) is 3.32. The fraction of sp³-hybridized carbons (Fsp3) is 0.357. The van der Waals surface area contributed by atoms with E-state index in [0.717, 1.165) is 10.8 Å². The topological polar surface area (TPSA) is 131 Å². The molecule has 2 N–H and O–H groups in total. The van der Waals surface area contributed by atoms with Gasteiger partial charge in [0.25, 0.3) is 11.5 Å². The number of aromatic nitrogens is 2. The van der Waals surface area contributed by atoms with E-state index >= 15 is 0 Å². The number of nitrogens with one attached hydrogen (secondary N) is 2. The quantitative estimate of drug-likeness (QED) is 0.732. The van der Waals surface area contributed by atoms with Crippen LogP contribution in [0.4, 0.5) is 0 Å². The first-order chi connectivity index (χ1) is 11.4. The van der Waals surface area contributed by atoms with Gasteiger partial charge in [0.2, 0.25) is 0 Å². The molecular weight excluding hydrogens is 338 g/mol. The van der Waals surface area contributed by atoms with Crippen LogP contribution >= 0.6 is 0 Å². The Morgan fingerprint density at radius 1 is 1.42 bits per heavy atom. The summed E-state index contributed by atoms with van der Waals surface area (Å²) in [5, 5.41) is 2.52. The van der Waals surface area contributed by atoms with Crippen LogP contribution in [0.15, 0.2) is 38.6 Å². The molecule has 1 amide bonds. The van der Waals surface area contributed by atoms with E-state index in [1.807, 2.05) is 0 Å². The third-order valence-corrected chi connectivity index (χ3v) is 5.53. The zero-order valence-corrected chi connectivity index (χ0v) is 13.3. The standard InChI is InChI=1S/C14H15N3O6S/c18-12(16-9-3-5-24(21,22)8-9)11-6-15-14(20)17(13(11)19)7-10-2-1-4-23-10/h1-2,4,6,9H,3,5,7-8H2,(H,15,20)(H,16,18). The summed E-state index contributed by atoms with van der Waals surface area (Å²) in [7, 11) is -3.15. The lowest BCUT2D eigenvalue weighted by Crippen LogP contribution is -2.43. The van der Waals surface area contributed by atoms with E-state index in [4.69, 9.17) is 4.42 Å². The maximum absolute atomic E-state index is 12.4. The van der Waals surface area contributed by atoms with Crippen molar-refractivity contribution >= 4 is 15.7 Å². The Bertz CT molecular complexity index is 971. The highest BCUT2D eigenvalue weighted by Crippen LogP contribution is 2.11. The minimum Gasteiger partial charge on any atom is -0.467 e. The minimum atomic E-state index is -3.15. The van der Waals surface area contributed by atoms with E-state index in [1.165, 1.54) is 6.26 Å². The lowest BCUT2D eigenvalue weighted by atomic mass is 10.2. The van der Waals surface area contributed by atoms with Crippen molar-refractivity contribution in [2.24, 2.45) is 0 Å². The third-order valence-electron chi connectivity index (χ3n) is 3.77. The molecule has 1 aliphatic heterocycles. The molecule has 2 aromatic heterocycles. The molecule has 2 aromatic rings. The van der Waals surface area contributed by atoms with Crippen molar-refractivity contribution in [3.8, 4) is 0 Å². The molecule has 24 heavy (non-hydrogen) atoms. The van der Waals surface area contributed by atoms with Gasteiger partial charge in [-0.2, -0.15) is 0 Å². The normalized spacial score (nSPS) is 19.2. The highest BCUT2D eigenvalue weighted by molar-refractivity contribution is 7.91. The molecule has 0 aromatic carbocycles. The lowest BCUT2D eigenvalue weighted by molar-refractivity contribution is 0.0938. The number of amides is 1. The highest BCUT2D eigenvalue weighted by Gasteiger charge is 2.30. The van der Waals surface area contributed by atoms with E-state index < -0.39 is 33.0 Å². The van der Waals surface area contributed by atoms with Crippen LogP contribution in [-0.2, 0) is 16.4 Å². The van der Waals surface area contributed by atoms with Crippen LogP contribution in [0.25, 0.3) is 0 Å². The maximum Gasteiger partial charge on any atom is 0.328 e. The number of carbonyl (C=O) groups is 1. The number of carbonyl (C=O) groups excluding carboxylic acids is 1. The molecule has 1 aliphatic rings. The van der Waals surface area contributed by atoms with Crippen molar-refractivity contribution in [1.29, 1.82) is 0 Å². The lowest BCUT2D eigenvalue weighted by Gasteiger charge is -2.11. The van der Waals surface area contributed by atoms with Gasteiger partial charge in [-0.25, -0.2) is 13.2 Å². The van der Waals surface area contributed by atoms with Crippen LogP contribution in [0.1, 0.15) is 22.5 Å². The first-order valence-electron chi connectivity index (χ1n) is 7.22. The Labute approximate surface area is 136 Å². The number of aromatic amines is 1. The van der Waals surface area contributed by atoms with Gasteiger partial charge in [0.05, 0.1) is 24.3 Å². The monoisotopic (exact) mass is 353 g/mol. The second-order valence-corrected chi connectivity index (χ2v) is 7.78. The number of hydrogen-bond acceptors (Lipinski definition) is 6. The van der Waals surface area contributed by atoms with Crippen LogP contribution in [0.5, 0.6) is 0 Å². The summed E-state index contributed by atoms with van der Waals surface area (Å²) in [5.41, 5.74) is -1.70. The molecule has 9 nitrogen and oxygen atoms in total. The summed E-state index contributed by atoms with van der Waals surface area (Å²) in [6, 6.07) is 2.68. The van der Waals surface area contributed by atoms with Gasteiger partial charge in [-0.1, -0.05) is 0 Å². The minimum absolute atomic E-state index is 0.00625. The average Bonchev–Trinajstić information content (AvgIpc) is 3.13. The first-order valence-corrected chi connectivity index (χ1v) is 9.04. The van der Waals surface area contributed by atoms with Gasteiger partial charge in [0.15, 0.2) is 9.84 Å². The summed E-state index contributed by atoms with van der Waals surface area (Å²) < 4.78 is 28.8. The summed E-state index contributed by atoms with van der Waals surface area (Å²) in [4.78, 5) is 38.8. The van der Waals surface area contributed by atoms with Crippen molar-refractivity contribution in [3.63, 3.8) is 0 Å². The second-order valence-electron chi connectivity index (χ2n) is 5.55. The largest absolute Gasteiger partial charge is 0.467 e. The molecule has 1 saturated heterocycles. The van der Waals surface area contributed by atoms with Gasteiger partial charge in [-0.05, 0) is 18.6 Å². The Kier molecular flexibility index (Phi) is 4.14. The summed E-state index contributed by atoms with van der Waals surface area (Å²) in [5.74, 6) is -0.469. The van der Waals surface area contributed by atoms with Crippen molar-refractivity contribution in [2.75, 3.05) is 11.5 Å². The number of sulfone groups is 1. The SMILES string of the molecule is O=C(NC1CCS(=O)(=O)C1)c1c[nH]c(=O)n(Cc2ccco2)c1=O. The number of rotatable bonds is 4. The summed E-state index contributed by atoms with van der Waals surface area (Å²) >= 11 is 0. The van der Waals surface area contributed by atoms with Crippen LogP contribution in [0, 0.1) is 0 Å². The Balaban J connectivity index is 1.85. The average molecular weight is 353 g/mol. The van der Waals surface area contributed by atoms with Crippen molar-refractivity contribution in [2.45, 2.75) is 19.0 Å². The molecule has 1 fully saturated rings. The van der Waals surface area contributed by atoms with Crippen LogP contribution in [0.3, 0.4) is 0 Å². The van der Waals surface area contributed by atoms with E-state index in [9.17, 15) is 22.8 Å². The van der Waals surface area contributed by atoms with Crippen LogP contribution < -0.4 is 16.6 Å². The Morgan fingerprint density at radius 3 is 2.83 bits per heavy atom. The van der Waals surface area contributed by atoms with E-state index in [1.54, 1.807) is 12.1 Å². The van der Waals surface area contributed by atoms with E-state index in [-0.39, 0.29) is 23.6 Å². The van der Waals surface area contributed by atoms with Crippen molar-refractivity contribution < 1.29 is 17.6 Å². The van der Waals surface area contributed by atoms with Crippen LogP contribution in [0.2, 0.25) is 0 Å². The van der Waals surface area contributed by atoms with Gasteiger partial charge in [-0.15, -0.1) is 0 Å². The maximum atomic E-state index is 12.4. The smallest absolute Gasteiger partial charge is 0.328 e. The fourth-order valence-electron chi connectivity index (χ4n) is 2.55. The highest BCUT2D eigenvalue weighted by atomic mass is 32.2. The predicted octanol–water partition coefficient (Wildman–Crippen LogP) is -0.905. The molecular formula is C14H15N3O6S. The van der Waals surface area contributed by atoms with E-state index in [2.05, 4.69) is 10.3 Å². The molecule has 10 heteroatoms. The molecule has 0 saturated carbocycles. The van der Waals surface area contributed by atoms with Crippen molar-refractivity contribution in [1.82, 2.24) is 14.9 Å². The zero-order chi connectivity index (χ0) is 17.3. The molecule has 3 heterocycles. The van der Waals surface area contributed by atoms with Crippen molar-refractivity contribution in [3.05, 3.63) is 56.8 Å². The first kappa shape index (κ1) is 16.2. The zero-order valence-electron chi connectivity index (χ0n) is 12.5. The Hall–Kier alpha value is -2.62. The molecule has 0 radical (unpaired) electrons. The second kappa shape index (κ2) is 6.11. The number of furan rings is 1. The molecule has 0 aliphatic carbocycles. The number of nitrogens with zero attached hydrogens (tertiary/aromatic N) is 1. The van der Waals surface area contributed by atoms with Gasteiger partial charge in [-0.3, -0.25) is 14.2 Å². The molecule has 1 unspecified atom stereocenters. The van der Waals surface area contributed by atoms with E-state index in [0.29, 0.717) is 12.2 Å². The van der Waals surface area contributed by atoms with Gasteiger partial charge >= 0.3 is 5.69 Å². The van der Waals surface area contributed by atoms with Gasteiger partial charge < -0.3 is 14.7 Å². The molecule has 0 spiro atoms. The summed E-state index contributed by atoms with van der Waals surface area (Å²) in [6.45, 7) is -0.111. The summed E-state index contributed by atoms with van der Waals surface area (Å²) in [6.07, 6.45) is 2.74. The Morgan fingerprint density at radius 2 is 2.21 bits per heavy atom. The van der Waals surface area contributed by atoms with Crippen LogP contribution in [-0.4, -0.2) is 41.4 Å². The van der Waals surface area contributed by atoms with Gasteiger partial charge in [0, 0.05) is 12.2 Å².